The number of allylic oxidation sites excluding steroid dienone is 2. The number of amides is 3. The summed E-state index contributed by atoms with van der Waals surface area (Å²) in [6, 6.07) is 4.89. The van der Waals surface area contributed by atoms with E-state index in [-0.39, 0.29) is 16.7 Å². The van der Waals surface area contributed by atoms with Gasteiger partial charge in [-0.3, -0.25) is 19.3 Å². The van der Waals surface area contributed by atoms with Crippen LogP contribution in [-0.2, 0) is 29.1 Å². The SMILES string of the molecule is C[C@@H](C(=O)Nc1ccc(S(=O)(=O)N2CCOCC2)cc1)N1C(=O)[C@H]2CC=CC[C@@H]2C1=O. The van der Waals surface area contributed by atoms with Gasteiger partial charge in [0.25, 0.3) is 0 Å². The first-order chi connectivity index (χ1) is 14.8. The summed E-state index contributed by atoms with van der Waals surface area (Å²) in [5.41, 5.74) is 0.385. The van der Waals surface area contributed by atoms with Gasteiger partial charge in [0.05, 0.1) is 29.9 Å². The Morgan fingerprint density at radius 2 is 1.58 bits per heavy atom. The van der Waals surface area contributed by atoms with Crippen LogP contribution in [0.3, 0.4) is 0 Å². The fraction of sp³-hybridized carbons (Fsp3) is 0.476. The smallest absolute Gasteiger partial charge is 0.247 e. The molecule has 1 aliphatic carbocycles. The molecule has 3 amide bonds. The molecular weight excluding hydrogens is 422 g/mol. The summed E-state index contributed by atoms with van der Waals surface area (Å²) < 4.78 is 32.0. The van der Waals surface area contributed by atoms with E-state index in [1.165, 1.54) is 35.5 Å². The van der Waals surface area contributed by atoms with Crippen molar-refractivity contribution in [1.29, 1.82) is 0 Å². The van der Waals surface area contributed by atoms with Crippen LogP contribution in [0.5, 0.6) is 0 Å². The molecule has 2 saturated heterocycles. The normalized spacial score (nSPS) is 25.4. The molecule has 2 fully saturated rings. The summed E-state index contributed by atoms with van der Waals surface area (Å²) in [6.45, 7) is 2.84. The van der Waals surface area contributed by atoms with Crippen LogP contribution in [0, 0.1) is 11.8 Å². The third-order valence-corrected chi connectivity index (χ3v) is 7.95. The average Bonchev–Trinajstić information content (AvgIpc) is 3.04. The van der Waals surface area contributed by atoms with E-state index in [1.54, 1.807) is 0 Å². The number of sulfonamides is 1. The zero-order chi connectivity index (χ0) is 22.2. The van der Waals surface area contributed by atoms with Crippen molar-refractivity contribution in [1.82, 2.24) is 9.21 Å². The van der Waals surface area contributed by atoms with E-state index in [0.29, 0.717) is 44.8 Å². The molecule has 2 aliphatic heterocycles. The molecule has 9 nitrogen and oxygen atoms in total. The van der Waals surface area contributed by atoms with Crippen molar-refractivity contribution in [2.75, 3.05) is 31.6 Å². The summed E-state index contributed by atoms with van der Waals surface area (Å²) in [5, 5.41) is 2.67. The van der Waals surface area contributed by atoms with Crippen molar-refractivity contribution >= 4 is 33.4 Å². The van der Waals surface area contributed by atoms with Crippen LogP contribution in [0.2, 0.25) is 0 Å². The van der Waals surface area contributed by atoms with Gasteiger partial charge >= 0.3 is 0 Å². The number of carbonyl (C=O) groups excluding carboxylic acids is 3. The number of rotatable bonds is 5. The monoisotopic (exact) mass is 447 g/mol. The fourth-order valence-electron chi connectivity index (χ4n) is 4.22. The summed E-state index contributed by atoms with van der Waals surface area (Å²) in [7, 11) is -3.63. The third kappa shape index (κ3) is 4.02. The highest BCUT2D eigenvalue weighted by Gasteiger charge is 2.50. The van der Waals surface area contributed by atoms with E-state index < -0.39 is 33.8 Å². The Balaban J connectivity index is 1.43. The van der Waals surface area contributed by atoms with E-state index in [4.69, 9.17) is 4.74 Å². The Bertz CT molecular complexity index is 988. The number of benzene rings is 1. The van der Waals surface area contributed by atoms with Gasteiger partial charge in [-0.05, 0) is 44.0 Å². The Labute approximate surface area is 181 Å². The Kier molecular flexibility index (Phi) is 5.96. The number of hydrogen-bond acceptors (Lipinski definition) is 6. The highest BCUT2D eigenvalue weighted by atomic mass is 32.2. The topological polar surface area (TPSA) is 113 Å². The van der Waals surface area contributed by atoms with E-state index in [2.05, 4.69) is 5.32 Å². The van der Waals surface area contributed by atoms with Crippen LogP contribution in [-0.4, -0.2) is 67.7 Å². The molecule has 0 radical (unpaired) electrons. The van der Waals surface area contributed by atoms with Gasteiger partial charge in [0.1, 0.15) is 6.04 Å². The van der Waals surface area contributed by atoms with Gasteiger partial charge in [0.2, 0.25) is 27.7 Å². The van der Waals surface area contributed by atoms with Crippen molar-refractivity contribution in [3.8, 4) is 0 Å². The first-order valence-corrected chi connectivity index (χ1v) is 11.8. The Hall–Kier alpha value is -2.56. The number of ether oxygens (including phenoxy) is 1. The number of likely N-dealkylation sites (tertiary alicyclic amines) is 1. The van der Waals surface area contributed by atoms with Gasteiger partial charge < -0.3 is 10.1 Å². The number of nitrogens with one attached hydrogen (secondary N) is 1. The molecule has 2 heterocycles. The second-order valence-corrected chi connectivity index (χ2v) is 9.85. The van der Waals surface area contributed by atoms with Gasteiger partial charge in [-0.2, -0.15) is 4.31 Å². The maximum atomic E-state index is 12.7. The Morgan fingerprint density at radius 1 is 1.03 bits per heavy atom. The van der Waals surface area contributed by atoms with Crippen LogP contribution < -0.4 is 5.32 Å². The highest BCUT2D eigenvalue weighted by molar-refractivity contribution is 7.89. The molecule has 31 heavy (non-hydrogen) atoms. The molecule has 3 aliphatic rings. The van der Waals surface area contributed by atoms with E-state index in [0.717, 1.165) is 4.90 Å². The number of imide groups is 1. The molecule has 1 N–H and O–H groups in total. The third-order valence-electron chi connectivity index (χ3n) is 6.04. The molecule has 0 spiro atoms. The predicted octanol–water partition coefficient (Wildman–Crippen LogP) is 0.986. The lowest BCUT2D eigenvalue weighted by Gasteiger charge is -2.26. The number of fused-ring (bicyclic) bond motifs is 1. The van der Waals surface area contributed by atoms with Gasteiger partial charge in [0, 0.05) is 18.8 Å². The number of anilines is 1. The summed E-state index contributed by atoms with van der Waals surface area (Å²) in [5.74, 6) is -1.91. The number of carbonyl (C=O) groups is 3. The standard InChI is InChI=1S/C21H25N3O6S/c1-14(24-20(26)17-4-2-3-5-18(17)21(24)27)19(25)22-15-6-8-16(9-7-15)31(28,29)23-10-12-30-13-11-23/h2-3,6-9,14,17-18H,4-5,10-13H2,1H3,(H,22,25)/t14-,17-,18-/m0/s1. The maximum Gasteiger partial charge on any atom is 0.247 e. The molecule has 166 valence electrons. The zero-order valence-electron chi connectivity index (χ0n) is 17.2. The maximum absolute atomic E-state index is 12.7. The first kappa shape index (κ1) is 21.7. The summed E-state index contributed by atoms with van der Waals surface area (Å²) >= 11 is 0. The summed E-state index contributed by atoms with van der Waals surface area (Å²) in [6.07, 6.45) is 4.82. The molecular formula is C21H25N3O6S. The molecule has 0 unspecified atom stereocenters. The fourth-order valence-corrected chi connectivity index (χ4v) is 5.63. The lowest BCUT2D eigenvalue weighted by Crippen LogP contribution is -2.46. The zero-order valence-corrected chi connectivity index (χ0v) is 18.0. The predicted molar refractivity (Wildman–Crippen MR) is 111 cm³/mol. The van der Waals surface area contributed by atoms with Crippen LogP contribution in [0.4, 0.5) is 5.69 Å². The van der Waals surface area contributed by atoms with Crippen molar-refractivity contribution in [2.24, 2.45) is 11.8 Å². The van der Waals surface area contributed by atoms with Crippen LogP contribution >= 0.6 is 0 Å². The largest absolute Gasteiger partial charge is 0.379 e. The van der Waals surface area contributed by atoms with Gasteiger partial charge in [-0.25, -0.2) is 8.42 Å². The van der Waals surface area contributed by atoms with Crippen molar-refractivity contribution in [3.05, 3.63) is 36.4 Å². The minimum atomic E-state index is -3.63. The second-order valence-electron chi connectivity index (χ2n) is 7.91. The minimum Gasteiger partial charge on any atom is -0.379 e. The van der Waals surface area contributed by atoms with Gasteiger partial charge in [-0.15, -0.1) is 0 Å². The molecule has 0 saturated carbocycles. The number of nitrogens with zero attached hydrogens (tertiary/aromatic N) is 2. The second kappa shape index (κ2) is 8.52. The molecule has 0 aromatic heterocycles. The van der Waals surface area contributed by atoms with E-state index in [1.807, 2.05) is 12.2 Å². The highest BCUT2D eigenvalue weighted by Crippen LogP contribution is 2.36. The minimum absolute atomic E-state index is 0.127. The Morgan fingerprint density at radius 3 is 2.13 bits per heavy atom. The molecule has 3 atom stereocenters. The summed E-state index contributed by atoms with van der Waals surface area (Å²) in [4.78, 5) is 39.2. The van der Waals surface area contributed by atoms with Crippen LogP contribution in [0.25, 0.3) is 0 Å². The molecule has 1 aromatic carbocycles. The van der Waals surface area contributed by atoms with Gasteiger partial charge in [0.15, 0.2) is 0 Å². The molecule has 0 bridgehead atoms. The van der Waals surface area contributed by atoms with Crippen molar-refractivity contribution < 1.29 is 27.5 Å². The molecule has 10 heteroatoms. The number of hydrogen-bond donors (Lipinski definition) is 1. The van der Waals surface area contributed by atoms with Gasteiger partial charge in [-0.1, -0.05) is 12.2 Å². The van der Waals surface area contributed by atoms with Crippen LogP contribution in [0.15, 0.2) is 41.3 Å². The average molecular weight is 448 g/mol. The number of morpholine rings is 1. The lowest BCUT2D eigenvalue weighted by molar-refractivity contribution is -0.146. The van der Waals surface area contributed by atoms with E-state index >= 15 is 0 Å². The molecule has 4 rings (SSSR count). The molecule has 1 aromatic rings. The van der Waals surface area contributed by atoms with Crippen LogP contribution in [0.1, 0.15) is 19.8 Å². The van der Waals surface area contributed by atoms with Crippen molar-refractivity contribution in [3.63, 3.8) is 0 Å². The van der Waals surface area contributed by atoms with Crippen molar-refractivity contribution in [2.45, 2.75) is 30.7 Å². The quantitative estimate of drug-likeness (QED) is 0.532. The lowest BCUT2D eigenvalue weighted by atomic mass is 9.85. The van der Waals surface area contributed by atoms with E-state index in [9.17, 15) is 22.8 Å². The first-order valence-electron chi connectivity index (χ1n) is 10.3.